The molecular weight excluding hydrogens is 370 g/mol. The van der Waals surface area contributed by atoms with Crippen LogP contribution in [-0.4, -0.2) is 22.0 Å². The van der Waals surface area contributed by atoms with Crippen LogP contribution in [0.2, 0.25) is 0 Å². The number of nitrogens with one attached hydrogen (secondary N) is 1. The number of ether oxygens (including phenoxy) is 1. The van der Waals surface area contributed by atoms with Crippen molar-refractivity contribution in [3.05, 3.63) is 87.0 Å². The zero-order valence-corrected chi connectivity index (χ0v) is 16.8. The molecule has 2 heterocycles. The van der Waals surface area contributed by atoms with Crippen LogP contribution in [-0.2, 0) is 9.53 Å². The predicted octanol–water partition coefficient (Wildman–Crippen LogP) is 4.33. The first-order chi connectivity index (χ1) is 13.8. The van der Waals surface area contributed by atoms with Crippen molar-refractivity contribution in [2.24, 2.45) is 0 Å². The Morgan fingerprint density at radius 3 is 2.55 bits per heavy atom. The second-order valence-electron chi connectivity index (χ2n) is 7.16. The van der Waals surface area contributed by atoms with Gasteiger partial charge in [0.1, 0.15) is 0 Å². The van der Waals surface area contributed by atoms with Crippen LogP contribution in [0.5, 0.6) is 0 Å². The molecule has 1 N–H and O–H groups in total. The van der Waals surface area contributed by atoms with Crippen LogP contribution in [0.1, 0.15) is 44.9 Å². The first-order valence-electron chi connectivity index (χ1n) is 9.35. The third-order valence-corrected chi connectivity index (χ3v) is 4.68. The molecule has 2 aromatic rings. The number of carbonyl (C=O) groups excluding carboxylic acids is 1. The number of hydrogen-bond acceptors (Lipinski definition) is 6. The molecule has 7 heteroatoms. The van der Waals surface area contributed by atoms with E-state index in [1.807, 2.05) is 25.1 Å². The van der Waals surface area contributed by atoms with Crippen molar-refractivity contribution < 1.29 is 14.5 Å². The van der Waals surface area contributed by atoms with Crippen molar-refractivity contribution in [1.82, 2.24) is 10.3 Å². The summed E-state index contributed by atoms with van der Waals surface area (Å²) in [5.74, 6) is -1.00. The molecule has 0 bridgehead atoms. The molecule has 1 aliphatic heterocycles. The van der Waals surface area contributed by atoms with Gasteiger partial charge < -0.3 is 10.1 Å². The van der Waals surface area contributed by atoms with Gasteiger partial charge in [0.15, 0.2) is 0 Å². The second-order valence-corrected chi connectivity index (χ2v) is 7.16. The quantitative estimate of drug-likeness (QED) is 0.461. The Labute approximate surface area is 169 Å². The Kier molecular flexibility index (Phi) is 5.77. The van der Waals surface area contributed by atoms with E-state index in [-0.39, 0.29) is 11.8 Å². The molecule has 0 amide bonds. The number of benzene rings is 1. The van der Waals surface area contributed by atoms with Gasteiger partial charge >= 0.3 is 5.97 Å². The molecule has 29 heavy (non-hydrogen) atoms. The number of hydrogen-bond donors (Lipinski definition) is 1. The van der Waals surface area contributed by atoms with E-state index in [0.29, 0.717) is 22.5 Å². The fraction of sp³-hybridized carbons (Fsp3) is 0.273. The Morgan fingerprint density at radius 1 is 1.17 bits per heavy atom. The average Bonchev–Trinajstić information content (AvgIpc) is 2.67. The van der Waals surface area contributed by atoms with Crippen LogP contribution in [0.25, 0.3) is 5.57 Å². The minimum absolute atomic E-state index is 0.0340. The molecule has 7 nitrogen and oxygen atoms in total. The van der Waals surface area contributed by atoms with Crippen LogP contribution in [0.15, 0.2) is 65.6 Å². The zero-order valence-electron chi connectivity index (χ0n) is 16.8. The lowest BCUT2D eigenvalue weighted by Crippen LogP contribution is -2.29. The van der Waals surface area contributed by atoms with Gasteiger partial charge in [-0.25, -0.2) is 4.79 Å². The molecule has 150 valence electrons. The normalized spacial score (nSPS) is 16.7. The number of allylic oxidation sites excluding steroid dienone is 3. The van der Waals surface area contributed by atoms with Crippen LogP contribution >= 0.6 is 0 Å². The molecule has 1 aromatic carbocycles. The van der Waals surface area contributed by atoms with Crippen molar-refractivity contribution in [2.45, 2.75) is 39.7 Å². The topological polar surface area (TPSA) is 94.4 Å². The van der Waals surface area contributed by atoms with Gasteiger partial charge in [0.25, 0.3) is 5.69 Å². The highest BCUT2D eigenvalue weighted by molar-refractivity contribution is 5.97. The van der Waals surface area contributed by atoms with E-state index in [0.717, 1.165) is 11.3 Å². The summed E-state index contributed by atoms with van der Waals surface area (Å²) in [5, 5.41) is 14.6. The summed E-state index contributed by atoms with van der Waals surface area (Å²) in [5.41, 5.74) is 3.99. The van der Waals surface area contributed by atoms with Gasteiger partial charge in [0.2, 0.25) is 0 Å². The molecule has 0 saturated heterocycles. The summed E-state index contributed by atoms with van der Waals surface area (Å²) >= 11 is 0. The van der Waals surface area contributed by atoms with Crippen molar-refractivity contribution >= 4 is 17.2 Å². The second kappa shape index (κ2) is 8.26. The highest BCUT2D eigenvalue weighted by Gasteiger charge is 2.36. The Bertz CT molecular complexity index is 1010. The van der Waals surface area contributed by atoms with E-state index in [1.165, 1.54) is 12.1 Å². The van der Waals surface area contributed by atoms with Gasteiger partial charge in [-0.2, -0.15) is 0 Å². The zero-order chi connectivity index (χ0) is 21.1. The molecule has 0 spiro atoms. The van der Waals surface area contributed by atoms with Crippen LogP contribution < -0.4 is 5.32 Å². The van der Waals surface area contributed by atoms with E-state index in [4.69, 9.17) is 4.74 Å². The Hall–Kier alpha value is -3.48. The lowest BCUT2D eigenvalue weighted by Gasteiger charge is -2.31. The van der Waals surface area contributed by atoms with Gasteiger partial charge in [0.05, 0.1) is 22.3 Å². The standard InChI is InChI=1S/C22H23N3O4/c1-13(2)29-22(26)20-15(4)24-14(3)19(18-10-5-6-11-23-18)21(20)16-8-7-9-17(12-16)25(27)28/h5-13,21,24H,1-4H3. The summed E-state index contributed by atoms with van der Waals surface area (Å²) < 4.78 is 5.50. The average molecular weight is 393 g/mol. The maximum absolute atomic E-state index is 13.0. The fourth-order valence-electron chi connectivity index (χ4n) is 3.56. The number of nitro benzene ring substituents is 1. The van der Waals surface area contributed by atoms with Gasteiger partial charge in [-0.15, -0.1) is 0 Å². The molecule has 3 rings (SSSR count). The van der Waals surface area contributed by atoms with E-state index in [2.05, 4.69) is 10.3 Å². The van der Waals surface area contributed by atoms with E-state index in [9.17, 15) is 14.9 Å². The lowest BCUT2D eigenvalue weighted by molar-refractivity contribution is -0.384. The largest absolute Gasteiger partial charge is 0.460 e. The maximum Gasteiger partial charge on any atom is 0.337 e. The molecule has 1 unspecified atom stereocenters. The number of non-ortho nitro benzene ring substituents is 1. The Morgan fingerprint density at radius 2 is 1.93 bits per heavy atom. The van der Waals surface area contributed by atoms with Gasteiger partial charge in [0, 0.05) is 41.2 Å². The number of nitro groups is 1. The number of carbonyl (C=O) groups is 1. The third kappa shape index (κ3) is 4.18. The SMILES string of the molecule is CC1=C(C(=O)OC(C)C)C(c2cccc([N+](=O)[O-])c2)C(c2ccccn2)=C(C)N1. The fourth-order valence-corrected chi connectivity index (χ4v) is 3.56. The highest BCUT2D eigenvalue weighted by Crippen LogP contribution is 2.43. The number of pyridine rings is 1. The van der Waals surface area contributed by atoms with Crippen molar-refractivity contribution in [1.29, 1.82) is 0 Å². The molecule has 1 atom stereocenters. The van der Waals surface area contributed by atoms with Crippen molar-refractivity contribution in [3.63, 3.8) is 0 Å². The molecular formula is C22H23N3O4. The van der Waals surface area contributed by atoms with Gasteiger partial charge in [-0.3, -0.25) is 15.1 Å². The Balaban J connectivity index is 2.23. The maximum atomic E-state index is 13.0. The summed E-state index contributed by atoms with van der Waals surface area (Å²) in [6.45, 7) is 7.28. The van der Waals surface area contributed by atoms with Crippen LogP contribution in [0.3, 0.4) is 0 Å². The molecule has 0 radical (unpaired) electrons. The molecule has 1 aromatic heterocycles. The summed E-state index contributed by atoms with van der Waals surface area (Å²) in [7, 11) is 0. The third-order valence-electron chi connectivity index (χ3n) is 4.68. The summed E-state index contributed by atoms with van der Waals surface area (Å²) in [6.07, 6.45) is 1.39. The van der Waals surface area contributed by atoms with Gasteiger partial charge in [-0.05, 0) is 45.4 Å². The van der Waals surface area contributed by atoms with Crippen LogP contribution in [0, 0.1) is 10.1 Å². The lowest BCUT2D eigenvalue weighted by atomic mass is 9.79. The predicted molar refractivity (Wildman–Crippen MR) is 110 cm³/mol. The molecule has 0 saturated carbocycles. The van der Waals surface area contributed by atoms with E-state index >= 15 is 0 Å². The number of esters is 1. The van der Waals surface area contributed by atoms with Crippen LogP contribution in [0.4, 0.5) is 5.69 Å². The monoisotopic (exact) mass is 393 g/mol. The number of aromatic nitrogens is 1. The first-order valence-corrected chi connectivity index (χ1v) is 9.35. The number of rotatable bonds is 5. The van der Waals surface area contributed by atoms with Gasteiger partial charge in [-0.1, -0.05) is 18.2 Å². The molecule has 1 aliphatic rings. The molecule has 0 fully saturated rings. The first kappa shape index (κ1) is 20.3. The minimum atomic E-state index is -0.544. The van der Waals surface area contributed by atoms with Crippen molar-refractivity contribution in [3.8, 4) is 0 Å². The molecule has 0 aliphatic carbocycles. The van der Waals surface area contributed by atoms with E-state index < -0.39 is 16.8 Å². The summed E-state index contributed by atoms with van der Waals surface area (Å²) in [4.78, 5) is 28.4. The van der Waals surface area contributed by atoms with E-state index in [1.54, 1.807) is 39.1 Å². The van der Waals surface area contributed by atoms with Crippen molar-refractivity contribution in [2.75, 3.05) is 0 Å². The minimum Gasteiger partial charge on any atom is -0.460 e. The highest BCUT2D eigenvalue weighted by atomic mass is 16.6. The smallest absolute Gasteiger partial charge is 0.337 e. The number of dihydropyridines is 1. The number of nitrogens with zero attached hydrogens (tertiary/aromatic N) is 2. The summed E-state index contributed by atoms with van der Waals surface area (Å²) in [6, 6.07) is 11.9.